The molecular formula is C15H21F3N2O4S. The molecule has 0 saturated carbocycles. The molecule has 0 aromatic heterocycles. The minimum atomic E-state index is -4.52. The van der Waals surface area contributed by atoms with E-state index in [0.29, 0.717) is 13.1 Å². The molecule has 25 heavy (non-hydrogen) atoms. The van der Waals surface area contributed by atoms with E-state index in [4.69, 9.17) is 0 Å². The van der Waals surface area contributed by atoms with E-state index in [9.17, 15) is 26.4 Å². The largest absolute Gasteiger partial charge is 0.411 e. The number of alkyl halides is 3. The lowest BCUT2D eigenvalue weighted by Crippen LogP contribution is -2.31. The summed E-state index contributed by atoms with van der Waals surface area (Å²) in [5, 5.41) is 2.37. The molecule has 0 spiro atoms. The second-order valence-corrected chi connectivity index (χ2v) is 7.11. The minimum absolute atomic E-state index is 0.0653. The molecule has 1 atom stereocenters. The van der Waals surface area contributed by atoms with Crippen LogP contribution in [-0.2, 0) is 19.6 Å². The highest BCUT2D eigenvalue weighted by Crippen LogP contribution is 2.19. The number of benzene rings is 1. The van der Waals surface area contributed by atoms with Gasteiger partial charge in [0.1, 0.15) is 12.7 Å². The van der Waals surface area contributed by atoms with Gasteiger partial charge >= 0.3 is 6.18 Å². The number of amides is 1. The summed E-state index contributed by atoms with van der Waals surface area (Å²) in [5.41, 5.74) is 0.256. The molecule has 0 aliphatic rings. The van der Waals surface area contributed by atoms with E-state index in [1.54, 1.807) is 13.8 Å². The number of anilines is 1. The van der Waals surface area contributed by atoms with Gasteiger partial charge in [-0.3, -0.25) is 4.79 Å². The maximum Gasteiger partial charge on any atom is 0.411 e. The number of ether oxygens (including phenoxy) is 1. The molecule has 142 valence electrons. The van der Waals surface area contributed by atoms with E-state index in [1.165, 1.54) is 35.5 Å². The summed E-state index contributed by atoms with van der Waals surface area (Å²) < 4.78 is 66.6. The summed E-state index contributed by atoms with van der Waals surface area (Å²) in [5.74, 6) is -0.761. The number of nitrogens with zero attached hydrogens (tertiary/aromatic N) is 1. The SMILES string of the molecule is CCN(CC)S(=O)(=O)c1ccc(NC(=O)C(C)OCC(F)(F)F)cc1. The van der Waals surface area contributed by atoms with Crippen LogP contribution in [0.15, 0.2) is 29.2 Å². The van der Waals surface area contributed by atoms with Gasteiger partial charge in [-0.15, -0.1) is 0 Å². The first-order valence-electron chi connectivity index (χ1n) is 7.60. The first kappa shape index (κ1) is 21.4. The summed E-state index contributed by atoms with van der Waals surface area (Å²) in [6.45, 7) is 3.76. The molecule has 0 radical (unpaired) electrons. The van der Waals surface area contributed by atoms with Crippen molar-refractivity contribution in [2.75, 3.05) is 25.0 Å². The summed E-state index contributed by atoms with van der Waals surface area (Å²) in [4.78, 5) is 11.8. The van der Waals surface area contributed by atoms with Crippen molar-refractivity contribution in [3.05, 3.63) is 24.3 Å². The monoisotopic (exact) mass is 382 g/mol. The summed E-state index contributed by atoms with van der Waals surface area (Å²) in [6, 6.07) is 5.38. The van der Waals surface area contributed by atoms with Crippen molar-refractivity contribution < 1.29 is 31.1 Å². The average molecular weight is 382 g/mol. The zero-order chi connectivity index (χ0) is 19.3. The normalized spacial score (nSPS) is 13.7. The fourth-order valence-corrected chi connectivity index (χ4v) is 3.42. The van der Waals surface area contributed by atoms with Crippen LogP contribution in [-0.4, -0.2) is 50.6 Å². The van der Waals surface area contributed by atoms with Crippen LogP contribution in [0.1, 0.15) is 20.8 Å². The van der Waals surface area contributed by atoms with Gasteiger partial charge in [0.2, 0.25) is 10.0 Å². The summed E-state index contributed by atoms with van der Waals surface area (Å²) in [7, 11) is -3.62. The summed E-state index contributed by atoms with van der Waals surface area (Å²) >= 11 is 0. The van der Waals surface area contributed by atoms with E-state index in [0.717, 1.165) is 0 Å². The van der Waals surface area contributed by atoms with Gasteiger partial charge in [0.15, 0.2) is 0 Å². The molecular weight excluding hydrogens is 361 g/mol. The van der Waals surface area contributed by atoms with Crippen molar-refractivity contribution in [1.82, 2.24) is 4.31 Å². The van der Waals surface area contributed by atoms with Crippen LogP contribution in [0.2, 0.25) is 0 Å². The third-order valence-electron chi connectivity index (χ3n) is 3.33. The molecule has 1 rings (SSSR count). The maximum absolute atomic E-state index is 12.3. The van der Waals surface area contributed by atoms with Gasteiger partial charge < -0.3 is 10.1 Å². The van der Waals surface area contributed by atoms with Crippen molar-refractivity contribution >= 4 is 21.6 Å². The van der Waals surface area contributed by atoms with E-state index >= 15 is 0 Å². The molecule has 1 amide bonds. The van der Waals surface area contributed by atoms with Gasteiger partial charge in [-0.05, 0) is 31.2 Å². The maximum atomic E-state index is 12.3. The van der Waals surface area contributed by atoms with Gasteiger partial charge in [-0.25, -0.2) is 8.42 Å². The molecule has 0 fully saturated rings. The molecule has 6 nitrogen and oxygen atoms in total. The molecule has 1 unspecified atom stereocenters. The average Bonchev–Trinajstić information content (AvgIpc) is 2.53. The fourth-order valence-electron chi connectivity index (χ4n) is 1.96. The molecule has 0 saturated heterocycles. The van der Waals surface area contributed by atoms with Gasteiger partial charge in [-0.2, -0.15) is 17.5 Å². The lowest BCUT2D eigenvalue weighted by atomic mass is 10.3. The van der Waals surface area contributed by atoms with Crippen LogP contribution in [0, 0.1) is 0 Å². The quantitative estimate of drug-likeness (QED) is 0.750. The lowest BCUT2D eigenvalue weighted by Gasteiger charge is -2.18. The number of halogens is 3. The van der Waals surface area contributed by atoms with Crippen molar-refractivity contribution in [2.24, 2.45) is 0 Å². The van der Waals surface area contributed by atoms with Crippen molar-refractivity contribution in [2.45, 2.75) is 37.9 Å². The topological polar surface area (TPSA) is 75.7 Å². The molecule has 0 aliphatic heterocycles. The Morgan fingerprint density at radius 3 is 2.16 bits per heavy atom. The Balaban J connectivity index is 2.75. The highest BCUT2D eigenvalue weighted by molar-refractivity contribution is 7.89. The number of hydrogen-bond acceptors (Lipinski definition) is 4. The van der Waals surface area contributed by atoms with Gasteiger partial charge in [0.25, 0.3) is 5.91 Å². The van der Waals surface area contributed by atoms with Crippen LogP contribution in [0.3, 0.4) is 0 Å². The van der Waals surface area contributed by atoms with E-state index in [-0.39, 0.29) is 10.6 Å². The highest BCUT2D eigenvalue weighted by Gasteiger charge is 2.30. The third kappa shape index (κ3) is 6.29. The standard InChI is InChI=1S/C15H21F3N2O4S/c1-4-20(5-2)25(22,23)13-8-6-12(7-9-13)19-14(21)11(3)24-10-15(16,17)18/h6-9,11H,4-5,10H2,1-3H3,(H,19,21). The van der Waals surface area contributed by atoms with Crippen molar-refractivity contribution in [1.29, 1.82) is 0 Å². The number of carbonyl (C=O) groups excluding carboxylic acids is 1. The van der Waals surface area contributed by atoms with Gasteiger partial charge in [0, 0.05) is 18.8 Å². The Hall–Kier alpha value is -1.65. The first-order valence-corrected chi connectivity index (χ1v) is 9.04. The van der Waals surface area contributed by atoms with E-state index in [2.05, 4.69) is 10.1 Å². The lowest BCUT2D eigenvalue weighted by molar-refractivity contribution is -0.184. The Labute approximate surface area is 145 Å². The van der Waals surface area contributed by atoms with Crippen LogP contribution in [0.5, 0.6) is 0 Å². The number of hydrogen-bond donors (Lipinski definition) is 1. The Bertz CT molecular complexity index is 671. The van der Waals surface area contributed by atoms with Crippen LogP contribution >= 0.6 is 0 Å². The van der Waals surface area contributed by atoms with E-state index in [1.807, 2.05) is 0 Å². The number of carbonyl (C=O) groups is 1. The molecule has 1 aromatic rings. The van der Waals surface area contributed by atoms with Gasteiger partial charge in [-0.1, -0.05) is 13.8 Å². The zero-order valence-corrected chi connectivity index (χ0v) is 14.9. The number of rotatable bonds is 8. The molecule has 10 heteroatoms. The zero-order valence-electron chi connectivity index (χ0n) is 14.1. The van der Waals surface area contributed by atoms with E-state index < -0.39 is 34.8 Å². The van der Waals surface area contributed by atoms with Crippen LogP contribution in [0.4, 0.5) is 18.9 Å². The molecule has 1 aromatic carbocycles. The van der Waals surface area contributed by atoms with Crippen molar-refractivity contribution in [3.63, 3.8) is 0 Å². The minimum Gasteiger partial charge on any atom is -0.359 e. The highest BCUT2D eigenvalue weighted by atomic mass is 32.2. The predicted molar refractivity (Wildman–Crippen MR) is 86.6 cm³/mol. The Morgan fingerprint density at radius 1 is 1.20 bits per heavy atom. The third-order valence-corrected chi connectivity index (χ3v) is 5.40. The second-order valence-electron chi connectivity index (χ2n) is 5.17. The van der Waals surface area contributed by atoms with Crippen LogP contribution < -0.4 is 5.32 Å². The molecule has 0 heterocycles. The molecule has 0 aliphatic carbocycles. The van der Waals surface area contributed by atoms with Gasteiger partial charge in [0.05, 0.1) is 4.90 Å². The number of sulfonamides is 1. The Morgan fingerprint density at radius 2 is 1.72 bits per heavy atom. The van der Waals surface area contributed by atoms with Crippen LogP contribution in [0.25, 0.3) is 0 Å². The Kier molecular flexibility index (Phi) is 7.39. The number of nitrogens with one attached hydrogen (secondary N) is 1. The molecule has 0 bridgehead atoms. The first-order chi connectivity index (χ1) is 11.5. The second kappa shape index (κ2) is 8.63. The summed E-state index contributed by atoms with van der Waals surface area (Å²) in [6.07, 6.45) is -5.82. The smallest absolute Gasteiger partial charge is 0.359 e. The fraction of sp³-hybridized carbons (Fsp3) is 0.533. The van der Waals surface area contributed by atoms with Crippen molar-refractivity contribution in [3.8, 4) is 0 Å². The predicted octanol–water partition coefficient (Wildman–Crippen LogP) is 2.62. The molecule has 1 N–H and O–H groups in total.